The molecule has 2 rings (SSSR count). The van der Waals surface area contributed by atoms with E-state index in [0.29, 0.717) is 25.8 Å². The fourth-order valence-corrected chi connectivity index (χ4v) is 4.91. The van der Waals surface area contributed by atoms with E-state index in [2.05, 4.69) is 31.9 Å². The summed E-state index contributed by atoms with van der Waals surface area (Å²) in [5, 5.41) is 15.5. The van der Waals surface area contributed by atoms with Crippen LogP contribution in [0.4, 0.5) is 0 Å². The normalized spacial score (nSPS) is 28.5. The van der Waals surface area contributed by atoms with Gasteiger partial charge in [0.25, 0.3) is 0 Å². The van der Waals surface area contributed by atoms with Gasteiger partial charge in [0, 0.05) is 6.54 Å². The van der Waals surface area contributed by atoms with E-state index >= 15 is 0 Å². The van der Waals surface area contributed by atoms with Crippen molar-refractivity contribution < 1.29 is 33.6 Å². The Morgan fingerprint density at radius 2 is 1.19 bits per heavy atom. The predicted molar refractivity (Wildman–Crippen MR) is 153 cm³/mol. The summed E-state index contributed by atoms with van der Waals surface area (Å²) in [5.74, 6) is -4.98. The highest BCUT2D eigenvalue weighted by Gasteiger charge is 2.40. The molecule has 0 spiro atoms. The first kappa shape index (κ1) is 34.5. The molecule has 6 atom stereocenters. The van der Waals surface area contributed by atoms with E-state index in [1.54, 1.807) is 27.7 Å². The molecule has 6 N–H and O–H groups in total. The Labute approximate surface area is 247 Å². The summed E-state index contributed by atoms with van der Waals surface area (Å²) in [5.41, 5.74) is 0. The Bertz CT molecular complexity index is 1050. The molecule has 42 heavy (non-hydrogen) atoms. The number of nitrogens with one attached hydrogen (secondary N) is 6. The molecule has 0 saturated carbocycles. The molecule has 0 radical (unpaired) electrons. The van der Waals surface area contributed by atoms with Crippen molar-refractivity contribution in [2.45, 2.75) is 97.9 Å². The smallest absolute Gasteiger partial charge is 0.246 e. The SMILES string of the molecule is CC[C@H](C)[C@@H]1NC(=O)[C@H](C(C)C)NC(=O)[C@H](C(C)C)NC(=O)CNC(=O)[C@H](C)NC(=O)CNC(=O)[C@@H]2CCCN2C1=O. The summed E-state index contributed by atoms with van der Waals surface area (Å²) in [6, 6.07) is -4.81. The van der Waals surface area contributed by atoms with Gasteiger partial charge in [0.05, 0.1) is 13.1 Å². The molecule has 0 aliphatic carbocycles. The van der Waals surface area contributed by atoms with E-state index in [4.69, 9.17) is 0 Å². The number of amides is 7. The van der Waals surface area contributed by atoms with E-state index < -0.39 is 84.6 Å². The lowest BCUT2D eigenvalue weighted by Gasteiger charge is -2.33. The van der Waals surface area contributed by atoms with Gasteiger partial charge in [0.1, 0.15) is 30.2 Å². The zero-order chi connectivity index (χ0) is 31.7. The lowest BCUT2D eigenvalue weighted by molar-refractivity contribution is -0.143. The molecule has 14 heteroatoms. The molecule has 2 aliphatic heterocycles. The van der Waals surface area contributed by atoms with E-state index in [0.717, 1.165) is 0 Å². The first-order valence-electron chi connectivity index (χ1n) is 14.7. The van der Waals surface area contributed by atoms with Gasteiger partial charge in [-0.3, -0.25) is 33.6 Å². The van der Waals surface area contributed by atoms with Gasteiger partial charge in [-0.05, 0) is 37.5 Å². The van der Waals surface area contributed by atoms with Crippen LogP contribution < -0.4 is 31.9 Å². The van der Waals surface area contributed by atoms with Crippen LogP contribution in [0.15, 0.2) is 0 Å². The van der Waals surface area contributed by atoms with Crippen LogP contribution in [0.3, 0.4) is 0 Å². The minimum atomic E-state index is -1.01. The van der Waals surface area contributed by atoms with E-state index in [9.17, 15) is 33.6 Å². The first-order valence-corrected chi connectivity index (χ1v) is 14.7. The van der Waals surface area contributed by atoms with Crippen LogP contribution in [0.2, 0.25) is 0 Å². The molecular formula is C28H47N7O7. The molecule has 2 heterocycles. The van der Waals surface area contributed by atoms with Crippen molar-refractivity contribution in [2.24, 2.45) is 17.8 Å². The van der Waals surface area contributed by atoms with Gasteiger partial charge in [0.15, 0.2) is 0 Å². The Hall–Kier alpha value is -3.71. The molecule has 0 aromatic rings. The van der Waals surface area contributed by atoms with Gasteiger partial charge in [-0.2, -0.15) is 0 Å². The quantitative estimate of drug-likeness (QED) is 0.229. The molecule has 0 aromatic heterocycles. The topological polar surface area (TPSA) is 195 Å². The standard InChI is InChI=1S/C28H47N7O7/c1-8-16(6)23-28(42)35-11-9-10-18(35)25(39)30-12-19(36)31-17(7)24(38)29-13-20(37)32-21(14(2)3)26(40)33-22(15(4)5)27(41)34-23/h14-18,21-23H,8-13H2,1-7H3,(H,29,38)(H,30,39)(H,31,36)(H,32,37)(H,33,40)(H,34,41)/t16-,17-,18-,21-,22-,23-/m0/s1. The molecule has 14 nitrogen and oxygen atoms in total. The molecular weight excluding hydrogens is 546 g/mol. The maximum atomic E-state index is 13.8. The van der Waals surface area contributed by atoms with Crippen LogP contribution in [0.5, 0.6) is 0 Å². The summed E-state index contributed by atoms with van der Waals surface area (Å²) in [7, 11) is 0. The van der Waals surface area contributed by atoms with Crippen LogP contribution in [-0.2, 0) is 33.6 Å². The van der Waals surface area contributed by atoms with Gasteiger partial charge in [-0.25, -0.2) is 0 Å². The molecule has 7 amide bonds. The number of rotatable bonds is 4. The molecule has 2 aliphatic rings. The number of hydrogen-bond acceptors (Lipinski definition) is 7. The number of nitrogens with zero attached hydrogens (tertiary/aromatic N) is 1. The van der Waals surface area contributed by atoms with Crippen molar-refractivity contribution in [3.8, 4) is 0 Å². The van der Waals surface area contributed by atoms with Crippen molar-refractivity contribution in [2.75, 3.05) is 19.6 Å². The molecule has 0 bridgehead atoms. The van der Waals surface area contributed by atoms with Crippen LogP contribution in [-0.4, -0.2) is 96.1 Å². The Balaban J connectivity index is 2.43. The van der Waals surface area contributed by atoms with Crippen LogP contribution in [0.25, 0.3) is 0 Å². The molecule has 0 unspecified atom stereocenters. The molecule has 0 aromatic carbocycles. The molecule has 2 fully saturated rings. The zero-order valence-corrected chi connectivity index (χ0v) is 25.7. The number of hydrogen-bond donors (Lipinski definition) is 6. The van der Waals surface area contributed by atoms with Gasteiger partial charge in [-0.1, -0.05) is 48.0 Å². The first-order chi connectivity index (χ1) is 19.7. The Kier molecular flexibility index (Phi) is 12.7. The third-order valence-corrected chi connectivity index (χ3v) is 7.74. The summed E-state index contributed by atoms with van der Waals surface area (Å²) < 4.78 is 0. The van der Waals surface area contributed by atoms with E-state index in [1.807, 2.05) is 13.8 Å². The summed E-state index contributed by atoms with van der Waals surface area (Å²) in [6.07, 6.45) is 1.52. The summed E-state index contributed by atoms with van der Waals surface area (Å²) in [4.78, 5) is 92.5. The monoisotopic (exact) mass is 593 g/mol. The third kappa shape index (κ3) is 9.15. The van der Waals surface area contributed by atoms with E-state index in [1.165, 1.54) is 11.8 Å². The van der Waals surface area contributed by atoms with Crippen molar-refractivity contribution in [3.63, 3.8) is 0 Å². The third-order valence-electron chi connectivity index (χ3n) is 7.74. The van der Waals surface area contributed by atoms with Crippen LogP contribution in [0, 0.1) is 17.8 Å². The van der Waals surface area contributed by atoms with E-state index in [-0.39, 0.29) is 17.8 Å². The lowest BCUT2D eigenvalue weighted by atomic mass is 9.95. The largest absolute Gasteiger partial charge is 0.345 e. The van der Waals surface area contributed by atoms with Crippen LogP contribution >= 0.6 is 0 Å². The summed E-state index contributed by atoms with van der Waals surface area (Å²) in [6.45, 7) is 11.5. The zero-order valence-electron chi connectivity index (χ0n) is 25.7. The summed E-state index contributed by atoms with van der Waals surface area (Å²) >= 11 is 0. The number of carbonyl (C=O) groups excluding carboxylic acids is 7. The Morgan fingerprint density at radius 3 is 1.74 bits per heavy atom. The Morgan fingerprint density at radius 1 is 0.690 bits per heavy atom. The second-order valence-electron chi connectivity index (χ2n) is 11.8. The average molecular weight is 594 g/mol. The molecule has 2 saturated heterocycles. The van der Waals surface area contributed by atoms with Gasteiger partial charge >= 0.3 is 0 Å². The highest BCUT2D eigenvalue weighted by Crippen LogP contribution is 2.22. The van der Waals surface area contributed by atoms with Gasteiger partial charge in [-0.15, -0.1) is 0 Å². The second-order valence-corrected chi connectivity index (χ2v) is 11.8. The highest BCUT2D eigenvalue weighted by atomic mass is 16.2. The fourth-order valence-electron chi connectivity index (χ4n) is 4.91. The fraction of sp³-hybridized carbons (Fsp3) is 0.750. The number of carbonyl (C=O) groups is 7. The highest BCUT2D eigenvalue weighted by molar-refractivity contribution is 5.97. The lowest BCUT2D eigenvalue weighted by Crippen LogP contribution is -2.61. The van der Waals surface area contributed by atoms with Crippen LogP contribution in [0.1, 0.15) is 67.7 Å². The maximum absolute atomic E-state index is 13.8. The molecule has 236 valence electrons. The van der Waals surface area contributed by atoms with Crippen molar-refractivity contribution in [3.05, 3.63) is 0 Å². The van der Waals surface area contributed by atoms with Crippen molar-refractivity contribution in [1.82, 2.24) is 36.8 Å². The minimum Gasteiger partial charge on any atom is -0.345 e. The maximum Gasteiger partial charge on any atom is 0.246 e. The van der Waals surface area contributed by atoms with Crippen molar-refractivity contribution in [1.29, 1.82) is 0 Å². The number of fused-ring (bicyclic) bond motifs is 1. The van der Waals surface area contributed by atoms with Crippen molar-refractivity contribution >= 4 is 41.4 Å². The predicted octanol–water partition coefficient (Wildman–Crippen LogP) is -1.46. The average Bonchev–Trinajstić information content (AvgIpc) is 3.43. The second kappa shape index (κ2) is 15.5. The van der Waals surface area contributed by atoms with Gasteiger partial charge in [0.2, 0.25) is 41.4 Å². The van der Waals surface area contributed by atoms with Gasteiger partial charge < -0.3 is 36.8 Å². The minimum absolute atomic E-state index is 0.282.